The maximum absolute atomic E-state index is 4.70. The van der Waals surface area contributed by atoms with Gasteiger partial charge in [0.1, 0.15) is 5.52 Å². The lowest BCUT2D eigenvalue weighted by atomic mass is 9.95. The molecule has 0 bridgehead atoms. The third-order valence-corrected chi connectivity index (χ3v) is 3.99. The van der Waals surface area contributed by atoms with Gasteiger partial charge in [-0.1, -0.05) is 6.92 Å². The van der Waals surface area contributed by atoms with Crippen LogP contribution in [0.5, 0.6) is 0 Å². The van der Waals surface area contributed by atoms with E-state index in [1.54, 1.807) is 6.33 Å². The molecule has 0 amide bonds. The fraction of sp³-hybridized carbons (Fsp3) is 0.643. The summed E-state index contributed by atoms with van der Waals surface area (Å²) in [6.45, 7) is 8.46. The molecule has 1 aliphatic heterocycles. The quantitative estimate of drug-likeness (QED) is 0.899. The Morgan fingerprint density at radius 1 is 1.35 bits per heavy atom. The van der Waals surface area contributed by atoms with E-state index in [4.69, 9.17) is 4.98 Å². The number of H-pyrrole nitrogens is 1. The molecule has 20 heavy (non-hydrogen) atoms. The molecule has 0 aromatic carbocycles. The summed E-state index contributed by atoms with van der Waals surface area (Å²) < 4.78 is 0. The van der Waals surface area contributed by atoms with Crippen LogP contribution in [0.1, 0.15) is 33.6 Å². The predicted molar refractivity (Wildman–Crippen MR) is 81.1 cm³/mol. The molecule has 0 aliphatic carbocycles. The molecular weight excluding hydrogens is 252 g/mol. The van der Waals surface area contributed by atoms with Gasteiger partial charge in [-0.25, -0.2) is 4.98 Å². The molecule has 1 aliphatic rings. The summed E-state index contributed by atoms with van der Waals surface area (Å²) in [6, 6.07) is 0.502. The molecule has 2 N–H and O–H groups in total. The molecule has 6 nitrogen and oxygen atoms in total. The van der Waals surface area contributed by atoms with Gasteiger partial charge in [-0.15, -0.1) is 0 Å². The van der Waals surface area contributed by atoms with E-state index in [1.807, 2.05) is 6.92 Å². The van der Waals surface area contributed by atoms with E-state index in [0.29, 0.717) is 17.9 Å². The first kappa shape index (κ1) is 13.1. The van der Waals surface area contributed by atoms with Crippen molar-refractivity contribution in [2.45, 2.75) is 39.7 Å². The number of hydrogen-bond acceptors (Lipinski definition) is 5. The molecule has 0 radical (unpaired) electrons. The second-order valence-corrected chi connectivity index (χ2v) is 5.69. The molecule has 1 fully saturated rings. The van der Waals surface area contributed by atoms with Crippen LogP contribution >= 0.6 is 0 Å². The van der Waals surface area contributed by atoms with E-state index in [-0.39, 0.29) is 0 Å². The van der Waals surface area contributed by atoms with Gasteiger partial charge in [0.25, 0.3) is 0 Å². The number of aromatic nitrogens is 4. The Balaban J connectivity index is 2.05. The summed E-state index contributed by atoms with van der Waals surface area (Å²) in [6.07, 6.45) is 4.18. The van der Waals surface area contributed by atoms with Crippen molar-refractivity contribution in [3.05, 3.63) is 6.33 Å². The molecule has 3 rings (SSSR count). The predicted octanol–water partition coefficient (Wildman–Crippen LogP) is 2.41. The van der Waals surface area contributed by atoms with Gasteiger partial charge in [-0.2, -0.15) is 9.97 Å². The summed E-state index contributed by atoms with van der Waals surface area (Å²) in [5, 5.41) is 3.19. The lowest BCUT2D eigenvalue weighted by molar-refractivity contribution is 0.389. The Kier molecular flexibility index (Phi) is 3.46. The fourth-order valence-electron chi connectivity index (χ4n) is 2.85. The summed E-state index contributed by atoms with van der Waals surface area (Å²) in [5.41, 5.74) is 1.67. The number of nitrogens with zero attached hydrogens (tertiary/aromatic N) is 4. The zero-order chi connectivity index (χ0) is 14.1. The number of piperidine rings is 1. The lowest BCUT2D eigenvalue weighted by Gasteiger charge is -2.37. The highest BCUT2D eigenvalue weighted by molar-refractivity contribution is 5.84. The molecule has 2 aromatic heterocycles. The van der Waals surface area contributed by atoms with Crippen molar-refractivity contribution in [1.29, 1.82) is 0 Å². The van der Waals surface area contributed by atoms with Crippen molar-refractivity contribution in [3.63, 3.8) is 0 Å². The normalized spacial score (nSPS) is 23.2. The maximum atomic E-state index is 4.70. The summed E-state index contributed by atoms with van der Waals surface area (Å²) in [5.74, 6) is 2.33. The number of aromatic amines is 1. The van der Waals surface area contributed by atoms with Gasteiger partial charge >= 0.3 is 0 Å². The minimum absolute atomic E-state index is 0.502. The highest BCUT2D eigenvalue weighted by atomic mass is 15.3. The Bertz CT molecular complexity index is 592. The first-order valence-electron chi connectivity index (χ1n) is 7.40. The summed E-state index contributed by atoms with van der Waals surface area (Å²) >= 11 is 0. The van der Waals surface area contributed by atoms with Crippen LogP contribution in [0.4, 0.5) is 11.8 Å². The van der Waals surface area contributed by atoms with Crippen LogP contribution in [-0.2, 0) is 0 Å². The molecule has 2 aromatic rings. The first-order chi connectivity index (χ1) is 9.69. The molecule has 0 saturated carbocycles. The van der Waals surface area contributed by atoms with E-state index >= 15 is 0 Å². The number of nitrogens with one attached hydrogen (secondary N) is 2. The maximum Gasteiger partial charge on any atom is 0.226 e. The molecule has 2 atom stereocenters. The second kappa shape index (κ2) is 5.26. The number of anilines is 2. The summed E-state index contributed by atoms with van der Waals surface area (Å²) in [7, 11) is 0. The fourth-order valence-corrected chi connectivity index (χ4v) is 2.85. The van der Waals surface area contributed by atoms with Crippen LogP contribution in [0.3, 0.4) is 0 Å². The first-order valence-corrected chi connectivity index (χ1v) is 7.40. The Morgan fingerprint density at radius 3 is 3.00 bits per heavy atom. The van der Waals surface area contributed by atoms with E-state index < -0.39 is 0 Å². The molecule has 2 unspecified atom stereocenters. The second-order valence-electron chi connectivity index (χ2n) is 5.69. The van der Waals surface area contributed by atoms with Gasteiger partial charge in [0.15, 0.2) is 11.5 Å². The number of imidazole rings is 1. The van der Waals surface area contributed by atoms with Crippen LogP contribution in [0.2, 0.25) is 0 Å². The Morgan fingerprint density at radius 2 is 2.20 bits per heavy atom. The molecule has 6 heteroatoms. The lowest BCUT2D eigenvalue weighted by Crippen LogP contribution is -2.41. The van der Waals surface area contributed by atoms with Gasteiger partial charge in [0, 0.05) is 19.1 Å². The van der Waals surface area contributed by atoms with Gasteiger partial charge in [-0.05, 0) is 32.6 Å². The van der Waals surface area contributed by atoms with Gasteiger partial charge in [0.2, 0.25) is 5.95 Å². The standard InChI is InChI=1S/C14H22N6/c1-4-15-14-18-12-11(16-8-17-12)13(19-14)20-7-9(2)5-6-10(20)3/h8-10H,4-7H2,1-3H3,(H2,15,16,17,18,19). The number of hydrogen-bond donors (Lipinski definition) is 2. The van der Waals surface area contributed by atoms with E-state index in [2.05, 4.69) is 39.0 Å². The largest absolute Gasteiger partial charge is 0.354 e. The van der Waals surface area contributed by atoms with Crippen molar-refractivity contribution in [2.24, 2.45) is 5.92 Å². The SMILES string of the molecule is CCNc1nc(N2CC(C)CCC2C)c2[nH]cnc2n1. The third-order valence-electron chi connectivity index (χ3n) is 3.99. The van der Waals surface area contributed by atoms with Crippen LogP contribution in [0, 0.1) is 5.92 Å². The van der Waals surface area contributed by atoms with Crippen LogP contribution in [0.25, 0.3) is 11.2 Å². The highest BCUT2D eigenvalue weighted by Crippen LogP contribution is 2.30. The average molecular weight is 274 g/mol. The van der Waals surface area contributed by atoms with Crippen LogP contribution in [0.15, 0.2) is 6.33 Å². The van der Waals surface area contributed by atoms with Crippen molar-refractivity contribution in [3.8, 4) is 0 Å². The summed E-state index contributed by atoms with van der Waals surface area (Å²) in [4.78, 5) is 19.0. The molecule has 3 heterocycles. The third kappa shape index (κ3) is 2.30. The van der Waals surface area contributed by atoms with Crippen molar-refractivity contribution in [1.82, 2.24) is 19.9 Å². The van der Waals surface area contributed by atoms with E-state index in [0.717, 1.165) is 30.1 Å². The Hall–Kier alpha value is -1.85. The van der Waals surface area contributed by atoms with Gasteiger partial charge in [-0.3, -0.25) is 0 Å². The van der Waals surface area contributed by atoms with E-state index in [9.17, 15) is 0 Å². The highest BCUT2D eigenvalue weighted by Gasteiger charge is 2.26. The van der Waals surface area contributed by atoms with E-state index in [1.165, 1.54) is 12.8 Å². The average Bonchev–Trinajstić information content (AvgIpc) is 2.89. The minimum Gasteiger partial charge on any atom is -0.354 e. The van der Waals surface area contributed by atoms with Crippen molar-refractivity contribution < 1.29 is 0 Å². The van der Waals surface area contributed by atoms with Crippen molar-refractivity contribution in [2.75, 3.05) is 23.3 Å². The molecular formula is C14H22N6. The van der Waals surface area contributed by atoms with Gasteiger partial charge in [0.05, 0.1) is 6.33 Å². The topological polar surface area (TPSA) is 69.7 Å². The zero-order valence-corrected chi connectivity index (χ0v) is 12.3. The molecule has 108 valence electrons. The number of fused-ring (bicyclic) bond motifs is 1. The van der Waals surface area contributed by atoms with Crippen molar-refractivity contribution >= 4 is 22.9 Å². The molecule has 0 spiro atoms. The monoisotopic (exact) mass is 274 g/mol. The number of rotatable bonds is 3. The zero-order valence-electron chi connectivity index (χ0n) is 12.3. The van der Waals surface area contributed by atoms with Crippen LogP contribution < -0.4 is 10.2 Å². The Labute approximate surface area is 119 Å². The van der Waals surface area contributed by atoms with Gasteiger partial charge < -0.3 is 15.2 Å². The molecule has 1 saturated heterocycles. The minimum atomic E-state index is 0.502. The smallest absolute Gasteiger partial charge is 0.226 e. The van der Waals surface area contributed by atoms with Crippen LogP contribution in [-0.4, -0.2) is 39.1 Å².